The molecule has 3 rings (SSSR count). The van der Waals surface area contributed by atoms with Crippen molar-refractivity contribution in [3.8, 4) is 5.75 Å². The van der Waals surface area contributed by atoms with Gasteiger partial charge < -0.3 is 9.64 Å². The smallest absolute Gasteiger partial charge is 0.261 e. The maximum atomic E-state index is 13.0. The molecule has 0 aliphatic rings. The van der Waals surface area contributed by atoms with Crippen LogP contribution >= 0.6 is 11.6 Å². The third kappa shape index (κ3) is 5.57. The van der Waals surface area contributed by atoms with Gasteiger partial charge in [0.1, 0.15) is 5.75 Å². The second-order valence-electron chi connectivity index (χ2n) is 7.12. The summed E-state index contributed by atoms with van der Waals surface area (Å²) in [6, 6.07) is 18.4. The Labute approximate surface area is 187 Å². The molecule has 31 heavy (non-hydrogen) atoms. The van der Waals surface area contributed by atoms with Crippen molar-refractivity contribution in [1.82, 2.24) is 4.90 Å². The first kappa shape index (κ1) is 22.7. The fourth-order valence-electron chi connectivity index (χ4n) is 2.97. The van der Waals surface area contributed by atoms with Gasteiger partial charge in [-0.05, 0) is 55.0 Å². The zero-order valence-electron chi connectivity index (χ0n) is 17.4. The van der Waals surface area contributed by atoms with Gasteiger partial charge in [0.05, 0.1) is 22.6 Å². The number of halogens is 1. The molecule has 0 atom stereocenters. The first-order chi connectivity index (χ1) is 14.7. The number of nitrogens with one attached hydrogen (secondary N) is 1. The van der Waals surface area contributed by atoms with E-state index in [4.69, 9.17) is 16.3 Å². The van der Waals surface area contributed by atoms with Crippen LogP contribution in [0.3, 0.4) is 0 Å². The van der Waals surface area contributed by atoms with Crippen molar-refractivity contribution in [2.75, 3.05) is 18.9 Å². The van der Waals surface area contributed by atoms with Gasteiger partial charge in [-0.3, -0.25) is 9.52 Å². The molecule has 0 fully saturated rings. The Kier molecular flexibility index (Phi) is 6.87. The summed E-state index contributed by atoms with van der Waals surface area (Å²) in [7, 11) is -0.542. The third-order valence-corrected chi connectivity index (χ3v) is 6.43. The molecule has 0 saturated heterocycles. The molecule has 6 nitrogen and oxygen atoms in total. The molecule has 3 aromatic rings. The average molecular weight is 459 g/mol. The van der Waals surface area contributed by atoms with Crippen molar-refractivity contribution in [2.45, 2.75) is 18.4 Å². The molecule has 3 aromatic carbocycles. The van der Waals surface area contributed by atoms with E-state index in [1.807, 2.05) is 31.2 Å². The fourth-order valence-corrected chi connectivity index (χ4v) is 4.21. The summed E-state index contributed by atoms with van der Waals surface area (Å²) >= 11 is 6.24. The van der Waals surface area contributed by atoms with E-state index in [9.17, 15) is 13.2 Å². The Morgan fingerprint density at radius 2 is 1.68 bits per heavy atom. The molecule has 0 spiro atoms. The minimum atomic E-state index is -3.79. The van der Waals surface area contributed by atoms with Crippen molar-refractivity contribution in [2.24, 2.45) is 0 Å². The van der Waals surface area contributed by atoms with Gasteiger partial charge in [0.15, 0.2) is 0 Å². The molecule has 0 aromatic heterocycles. The minimum absolute atomic E-state index is 0.137. The molecule has 0 bridgehead atoms. The summed E-state index contributed by atoms with van der Waals surface area (Å²) in [5.74, 6) is 0.409. The number of hydrogen-bond acceptors (Lipinski definition) is 4. The maximum absolute atomic E-state index is 13.0. The number of carbonyl (C=O) groups excluding carboxylic acids is 1. The van der Waals surface area contributed by atoms with Gasteiger partial charge in [-0.25, -0.2) is 8.42 Å². The van der Waals surface area contributed by atoms with Crippen LogP contribution in [-0.2, 0) is 16.6 Å². The van der Waals surface area contributed by atoms with Crippen molar-refractivity contribution in [3.05, 3.63) is 88.4 Å². The lowest BCUT2D eigenvalue weighted by atomic mass is 10.1. The summed E-state index contributed by atoms with van der Waals surface area (Å²) in [5.41, 5.74) is 2.34. The summed E-state index contributed by atoms with van der Waals surface area (Å²) in [6.07, 6.45) is 0. The highest BCUT2D eigenvalue weighted by molar-refractivity contribution is 7.92. The molecule has 0 radical (unpaired) electrons. The molecule has 8 heteroatoms. The predicted octanol–water partition coefficient (Wildman–Crippen LogP) is 4.73. The first-order valence-electron chi connectivity index (χ1n) is 9.47. The fraction of sp³-hybridized carbons (Fsp3) is 0.174. The Balaban J connectivity index is 1.79. The predicted molar refractivity (Wildman–Crippen MR) is 122 cm³/mol. The van der Waals surface area contributed by atoms with E-state index in [0.717, 1.165) is 16.9 Å². The molecule has 1 N–H and O–H groups in total. The van der Waals surface area contributed by atoms with Gasteiger partial charge in [0.2, 0.25) is 0 Å². The number of amides is 1. The maximum Gasteiger partial charge on any atom is 0.261 e. The van der Waals surface area contributed by atoms with Crippen LogP contribution in [-0.4, -0.2) is 33.4 Å². The van der Waals surface area contributed by atoms with E-state index in [1.54, 1.807) is 26.3 Å². The minimum Gasteiger partial charge on any atom is -0.497 e. The summed E-state index contributed by atoms with van der Waals surface area (Å²) < 4.78 is 33.0. The van der Waals surface area contributed by atoms with Gasteiger partial charge in [-0.2, -0.15) is 0 Å². The number of methoxy groups -OCH3 is 1. The van der Waals surface area contributed by atoms with Crippen LogP contribution in [0.5, 0.6) is 5.75 Å². The zero-order valence-corrected chi connectivity index (χ0v) is 19.0. The SMILES string of the molecule is COc1ccc(CN(C)C(=O)c2cc(NS(=O)(=O)c3ccc(C)cc3)ccc2Cl)cc1. The first-order valence-corrected chi connectivity index (χ1v) is 11.3. The quantitative estimate of drug-likeness (QED) is 0.555. The number of carbonyl (C=O) groups is 1. The van der Waals surface area contributed by atoms with E-state index < -0.39 is 10.0 Å². The van der Waals surface area contributed by atoms with Gasteiger partial charge in [0.25, 0.3) is 15.9 Å². The molecule has 0 heterocycles. The topological polar surface area (TPSA) is 75.7 Å². The third-order valence-electron chi connectivity index (χ3n) is 4.71. The molecule has 0 aliphatic heterocycles. The van der Waals surface area contributed by atoms with Gasteiger partial charge >= 0.3 is 0 Å². The Morgan fingerprint density at radius 3 is 2.29 bits per heavy atom. The Morgan fingerprint density at radius 1 is 1.03 bits per heavy atom. The standard InChI is InChI=1S/C23H23ClN2O4S/c1-16-4-11-20(12-5-16)31(28,29)25-18-8-13-22(24)21(14-18)23(27)26(2)15-17-6-9-19(30-3)10-7-17/h4-14,25H,15H2,1-3H3. The van der Waals surface area contributed by atoms with E-state index >= 15 is 0 Å². The normalized spacial score (nSPS) is 11.1. The average Bonchev–Trinajstić information content (AvgIpc) is 2.75. The number of hydrogen-bond donors (Lipinski definition) is 1. The molecule has 162 valence electrons. The van der Waals surface area contributed by atoms with Crippen molar-refractivity contribution in [3.63, 3.8) is 0 Å². The highest BCUT2D eigenvalue weighted by atomic mass is 35.5. The van der Waals surface area contributed by atoms with Gasteiger partial charge in [-0.1, -0.05) is 41.4 Å². The summed E-state index contributed by atoms with van der Waals surface area (Å²) in [5, 5.41) is 0.241. The Hall–Kier alpha value is -3.03. The van der Waals surface area contributed by atoms with Crippen molar-refractivity contribution < 1.29 is 17.9 Å². The molecule has 0 aliphatic carbocycles. The summed E-state index contributed by atoms with van der Waals surface area (Å²) in [6.45, 7) is 2.24. The number of rotatable bonds is 7. The Bertz CT molecular complexity index is 1180. The van der Waals surface area contributed by atoms with Crippen LogP contribution in [0.4, 0.5) is 5.69 Å². The van der Waals surface area contributed by atoms with E-state index in [0.29, 0.717) is 6.54 Å². The van der Waals surface area contributed by atoms with Gasteiger partial charge in [0, 0.05) is 19.3 Å². The lowest BCUT2D eigenvalue weighted by molar-refractivity contribution is 0.0785. The second-order valence-corrected chi connectivity index (χ2v) is 9.21. The largest absolute Gasteiger partial charge is 0.497 e. The van der Waals surface area contributed by atoms with Crippen LogP contribution in [0.2, 0.25) is 5.02 Å². The van der Waals surface area contributed by atoms with Crippen LogP contribution < -0.4 is 9.46 Å². The molecule has 1 amide bonds. The number of nitrogens with zero attached hydrogens (tertiary/aromatic N) is 1. The van der Waals surface area contributed by atoms with Crippen LogP contribution in [0.15, 0.2) is 71.6 Å². The molecular formula is C23H23ClN2O4S. The second kappa shape index (κ2) is 9.41. The lowest BCUT2D eigenvalue weighted by Gasteiger charge is -2.19. The van der Waals surface area contributed by atoms with Crippen molar-refractivity contribution in [1.29, 1.82) is 0 Å². The number of anilines is 1. The highest BCUT2D eigenvalue weighted by Crippen LogP contribution is 2.25. The van der Waals surface area contributed by atoms with E-state index in [1.165, 1.54) is 35.2 Å². The van der Waals surface area contributed by atoms with Crippen molar-refractivity contribution >= 4 is 33.2 Å². The van der Waals surface area contributed by atoms with Crippen LogP contribution in [0.25, 0.3) is 0 Å². The van der Waals surface area contributed by atoms with Crippen LogP contribution in [0, 0.1) is 6.92 Å². The molecule has 0 unspecified atom stereocenters. The number of ether oxygens (including phenoxy) is 1. The monoisotopic (exact) mass is 458 g/mol. The molecular weight excluding hydrogens is 436 g/mol. The van der Waals surface area contributed by atoms with E-state index in [-0.39, 0.29) is 27.1 Å². The number of benzene rings is 3. The highest BCUT2D eigenvalue weighted by Gasteiger charge is 2.19. The number of sulfonamides is 1. The lowest BCUT2D eigenvalue weighted by Crippen LogP contribution is -2.26. The van der Waals surface area contributed by atoms with E-state index in [2.05, 4.69) is 4.72 Å². The van der Waals surface area contributed by atoms with Gasteiger partial charge in [-0.15, -0.1) is 0 Å². The summed E-state index contributed by atoms with van der Waals surface area (Å²) in [4.78, 5) is 14.6. The number of aryl methyl sites for hydroxylation is 1. The zero-order chi connectivity index (χ0) is 22.6. The van der Waals surface area contributed by atoms with Crippen LogP contribution in [0.1, 0.15) is 21.5 Å². The molecule has 0 saturated carbocycles.